The molecule has 1 atom stereocenters. The molecule has 3 aromatic rings. The summed E-state index contributed by atoms with van der Waals surface area (Å²) in [5.41, 5.74) is 2.57. The van der Waals surface area contributed by atoms with E-state index in [1.807, 2.05) is 79.0 Å². The zero-order valence-electron chi connectivity index (χ0n) is 17.8. The van der Waals surface area contributed by atoms with Gasteiger partial charge in [-0.1, -0.05) is 67.4 Å². The van der Waals surface area contributed by atoms with Gasteiger partial charge in [-0.2, -0.15) is 0 Å². The van der Waals surface area contributed by atoms with E-state index in [4.69, 9.17) is 0 Å². The second-order valence-corrected chi connectivity index (χ2v) is 9.14. The third-order valence-electron chi connectivity index (χ3n) is 5.87. The molecule has 4 rings (SSSR count). The van der Waals surface area contributed by atoms with Crippen molar-refractivity contribution in [3.63, 3.8) is 0 Å². The van der Waals surface area contributed by atoms with E-state index in [0.29, 0.717) is 0 Å². The number of aryl methyl sites for hydroxylation is 1. The minimum Gasteiger partial charge on any atom is -0.351 e. The molecule has 1 fully saturated rings. The van der Waals surface area contributed by atoms with Crippen molar-refractivity contribution in [3.8, 4) is 0 Å². The molecule has 1 aromatic heterocycles. The maximum atomic E-state index is 13.7. The number of nitrogens with one attached hydrogen (secondary N) is 1. The van der Waals surface area contributed by atoms with Gasteiger partial charge in [0.25, 0.3) is 0 Å². The molecule has 0 saturated heterocycles. The monoisotopic (exact) mass is 432 g/mol. The Kier molecular flexibility index (Phi) is 6.82. The summed E-state index contributed by atoms with van der Waals surface area (Å²) < 4.78 is 0. The van der Waals surface area contributed by atoms with Crippen molar-refractivity contribution in [2.45, 2.75) is 51.1 Å². The zero-order valence-corrected chi connectivity index (χ0v) is 18.6. The predicted molar refractivity (Wildman–Crippen MR) is 126 cm³/mol. The van der Waals surface area contributed by atoms with Gasteiger partial charge in [0.15, 0.2) is 0 Å². The number of hydrogen-bond acceptors (Lipinski definition) is 3. The Bertz CT molecular complexity index is 1010. The van der Waals surface area contributed by atoms with Crippen LogP contribution in [0.25, 0.3) is 0 Å². The first-order chi connectivity index (χ1) is 15.1. The van der Waals surface area contributed by atoms with E-state index in [1.165, 1.54) is 0 Å². The van der Waals surface area contributed by atoms with Crippen molar-refractivity contribution < 1.29 is 9.59 Å². The van der Waals surface area contributed by atoms with E-state index in [0.717, 1.165) is 47.4 Å². The van der Waals surface area contributed by atoms with E-state index in [1.54, 1.807) is 16.2 Å². The number of thiophene rings is 1. The second kappa shape index (κ2) is 9.92. The largest absolute Gasteiger partial charge is 0.351 e. The van der Waals surface area contributed by atoms with Gasteiger partial charge in [-0.25, -0.2) is 0 Å². The molecule has 2 aromatic carbocycles. The Hall–Kier alpha value is -2.92. The molecule has 1 aliphatic rings. The van der Waals surface area contributed by atoms with Crippen LogP contribution in [0.4, 0.5) is 5.69 Å². The molecule has 1 saturated carbocycles. The number of benzene rings is 2. The lowest BCUT2D eigenvalue weighted by Crippen LogP contribution is -2.47. The standard InChI is InChI=1S/C26H28N2O2S/c1-19-10-5-8-16-23(19)28(24(29)18-22-15-9-17-31-22)25(20-11-3-2-4-12-20)26(30)27-21-13-6-7-14-21/h2-5,8-12,15-17,21,25H,6-7,13-14,18H2,1H3,(H,27,30)/t25-/m0/s1. The molecule has 0 aliphatic heterocycles. The smallest absolute Gasteiger partial charge is 0.248 e. The van der Waals surface area contributed by atoms with E-state index in [-0.39, 0.29) is 24.3 Å². The van der Waals surface area contributed by atoms with Crippen molar-refractivity contribution in [1.82, 2.24) is 5.32 Å². The van der Waals surface area contributed by atoms with Crippen LogP contribution in [0.2, 0.25) is 0 Å². The van der Waals surface area contributed by atoms with Gasteiger partial charge in [-0.15, -0.1) is 11.3 Å². The highest BCUT2D eigenvalue weighted by atomic mass is 32.1. The van der Waals surface area contributed by atoms with Crippen LogP contribution in [0.15, 0.2) is 72.1 Å². The second-order valence-electron chi connectivity index (χ2n) is 8.11. The summed E-state index contributed by atoms with van der Waals surface area (Å²) in [6, 6.07) is 20.8. The van der Waals surface area contributed by atoms with Crippen LogP contribution in [-0.2, 0) is 16.0 Å². The number of rotatable bonds is 7. The minimum atomic E-state index is -0.713. The number of anilines is 1. The van der Waals surface area contributed by atoms with Crippen molar-refractivity contribution >= 4 is 28.8 Å². The molecule has 0 spiro atoms. The fourth-order valence-corrected chi connectivity index (χ4v) is 5.00. The SMILES string of the molecule is Cc1ccccc1N(C(=O)Cc1cccs1)[C@H](C(=O)NC1CCCC1)c1ccccc1. The molecule has 4 nitrogen and oxygen atoms in total. The van der Waals surface area contributed by atoms with Crippen molar-refractivity contribution in [3.05, 3.63) is 88.1 Å². The maximum absolute atomic E-state index is 13.7. The molecule has 2 amide bonds. The summed E-state index contributed by atoms with van der Waals surface area (Å²) in [4.78, 5) is 30.0. The number of amides is 2. The van der Waals surface area contributed by atoms with Crippen LogP contribution in [0.5, 0.6) is 0 Å². The molecule has 160 valence electrons. The van der Waals surface area contributed by atoms with Gasteiger partial charge in [0.05, 0.1) is 6.42 Å². The van der Waals surface area contributed by atoms with Gasteiger partial charge in [0, 0.05) is 16.6 Å². The molecular weight excluding hydrogens is 404 g/mol. The van der Waals surface area contributed by atoms with Gasteiger partial charge in [-0.05, 0) is 48.4 Å². The van der Waals surface area contributed by atoms with E-state index < -0.39 is 6.04 Å². The summed E-state index contributed by atoms with van der Waals surface area (Å²) in [5.74, 6) is -0.187. The molecule has 1 aliphatic carbocycles. The Morgan fingerprint density at radius 1 is 1.00 bits per heavy atom. The van der Waals surface area contributed by atoms with Crippen LogP contribution >= 0.6 is 11.3 Å². The van der Waals surface area contributed by atoms with Gasteiger partial charge in [-0.3, -0.25) is 14.5 Å². The van der Waals surface area contributed by atoms with E-state index in [2.05, 4.69) is 5.32 Å². The van der Waals surface area contributed by atoms with Crippen LogP contribution in [0.1, 0.15) is 47.7 Å². The first-order valence-corrected chi connectivity index (χ1v) is 11.8. The number of carbonyl (C=O) groups excluding carboxylic acids is 2. The summed E-state index contributed by atoms with van der Waals surface area (Å²) in [5, 5.41) is 5.21. The Balaban J connectivity index is 1.75. The maximum Gasteiger partial charge on any atom is 0.248 e. The Morgan fingerprint density at radius 3 is 2.39 bits per heavy atom. The summed E-state index contributed by atoms with van der Waals surface area (Å²) in [7, 11) is 0. The summed E-state index contributed by atoms with van der Waals surface area (Å²) in [6.45, 7) is 1.98. The molecule has 0 bridgehead atoms. The molecule has 0 radical (unpaired) electrons. The first-order valence-electron chi connectivity index (χ1n) is 10.9. The molecule has 5 heteroatoms. The van der Waals surface area contributed by atoms with Gasteiger partial charge in [0.2, 0.25) is 11.8 Å². The molecule has 0 unspecified atom stereocenters. The van der Waals surface area contributed by atoms with Crippen LogP contribution in [-0.4, -0.2) is 17.9 Å². The average Bonchev–Trinajstić information content (AvgIpc) is 3.47. The highest BCUT2D eigenvalue weighted by Crippen LogP contribution is 2.32. The predicted octanol–water partition coefficient (Wildman–Crippen LogP) is 5.43. The lowest BCUT2D eigenvalue weighted by atomic mass is 10.0. The molecule has 1 N–H and O–H groups in total. The first kappa shape index (κ1) is 21.3. The number of para-hydroxylation sites is 1. The van der Waals surface area contributed by atoms with Gasteiger partial charge < -0.3 is 5.32 Å². The van der Waals surface area contributed by atoms with Gasteiger partial charge >= 0.3 is 0 Å². The quantitative estimate of drug-likeness (QED) is 0.541. The minimum absolute atomic E-state index is 0.0767. The third kappa shape index (κ3) is 5.05. The highest BCUT2D eigenvalue weighted by Gasteiger charge is 2.34. The lowest BCUT2D eigenvalue weighted by molar-refractivity contribution is -0.127. The van der Waals surface area contributed by atoms with Crippen molar-refractivity contribution in [1.29, 1.82) is 0 Å². The van der Waals surface area contributed by atoms with Crippen LogP contribution in [0.3, 0.4) is 0 Å². The van der Waals surface area contributed by atoms with Crippen LogP contribution in [0, 0.1) is 6.92 Å². The fraction of sp³-hybridized carbons (Fsp3) is 0.308. The Morgan fingerprint density at radius 2 is 1.71 bits per heavy atom. The average molecular weight is 433 g/mol. The van der Waals surface area contributed by atoms with Crippen molar-refractivity contribution in [2.24, 2.45) is 0 Å². The number of nitrogens with zero attached hydrogens (tertiary/aromatic N) is 1. The summed E-state index contributed by atoms with van der Waals surface area (Å²) >= 11 is 1.56. The van der Waals surface area contributed by atoms with E-state index >= 15 is 0 Å². The van der Waals surface area contributed by atoms with Gasteiger partial charge in [0.1, 0.15) is 6.04 Å². The highest BCUT2D eigenvalue weighted by molar-refractivity contribution is 7.10. The fourth-order valence-electron chi connectivity index (χ4n) is 4.30. The summed E-state index contributed by atoms with van der Waals surface area (Å²) in [6.07, 6.45) is 4.55. The normalized spacial score (nSPS) is 14.9. The number of hydrogen-bond donors (Lipinski definition) is 1. The van der Waals surface area contributed by atoms with Crippen molar-refractivity contribution in [2.75, 3.05) is 4.90 Å². The van der Waals surface area contributed by atoms with E-state index in [9.17, 15) is 9.59 Å². The number of carbonyl (C=O) groups is 2. The zero-order chi connectivity index (χ0) is 21.6. The molecule has 1 heterocycles. The molecular formula is C26H28N2O2S. The lowest BCUT2D eigenvalue weighted by Gasteiger charge is -2.33. The topological polar surface area (TPSA) is 49.4 Å². The van der Waals surface area contributed by atoms with Crippen LogP contribution < -0.4 is 10.2 Å². The Labute approximate surface area is 187 Å². The molecule has 31 heavy (non-hydrogen) atoms. The third-order valence-corrected chi connectivity index (χ3v) is 6.75.